The lowest BCUT2D eigenvalue weighted by molar-refractivity contribution is 0.0988. The van der Waals surface area contributed by atoms with Crippen molar-refractivity contribution in [1.29, 1.82) is 0 Å². The Morgan fingerprint density at radius 1 is 1.09 bits per heavy atom. The molecule has 2 aromatic rings. The lowest BCUT2D eigenvalue weighted by Gasteiger charge is -2.29. The van der Waals surface area contributed by atoms with Gasteiger partial charge in [0.1, 0.15) is 0 Å². The maximum absolute atomic E-state index is 12.9. The maximum atomic E-state index is 12.9. The number of carbonyl (C=O) groups is 1. The number of piperidine rings is 1. The van der Waals surface area contributed by atoms with E-state index in [9.17, 15) is 13.2 Å². The molecule has 0 radical (unpaired) electrons. The molecule has 1 aliphatic heterocycles. The summed E-state index contributed by atoms with van der Waals surface area (Å²) in [6.45, 7) is 4.02. The van der Waals surface area contributed by atoms with Gasteiger partial charge in [0.15, 0.2) is 5.78 Å². The van der Waals surface area contributed by atoms with Crippen LogP contribution in [0.25, 0.3) is 0 Å². The Morgan fingerprint density at radius 2 is 1.69 bits per heavy atom. The Hall–Kier alpha value is -1.77. The third-order valence-electron chi connectivity index (χ3n) is 6.06. The Bertz CT molecular complexity index is 1000. The Morgan fingerprint density at radius 3 is 2.25 bits per heavy atom. The van der Waals surface area contributed by atoms with Crippen LogP contribution in [-0.2, 0) is 10.0 Å². The molecule has 0 aromatic heterocycles. The molecule has 0 saturated carbocycles. The van der Waals surface area contributed by atoms with E-state index in [-0.39, 0.29) is 23.3 Å². The first-order valence-corrected chi connectivity index (χ1v) is 12.8. The summed E-state index contributed by atoms with van der Waals surface area (Å²) in [5, 5.41) is 3.92. The van der Waals surface area contributed by atoms with Crippen molar-refractivity contribution in [3.63, 3.8) is 0 Å². The van der Waals surface area contributed by atoms with Crippen LogP contribution < -0.4 is 5.32 Å². The number of ketones is 1. The van der Waals surface area contributed by atoms with Crippen molar-refractivity contribution in [3.8, 4) is 0 Å². The highest BCUT2D eigenvalue weighted by Crippen LogP contribution is 2.24. The molecule has 3 rings (SSSR count). The normalized spacial score (nSPS) is 16.9. The van der Waals surface area contributed by atoms with Gasteiger partial charge in [-0.1, -0.05) is 42.8 Å². The summed E-state index contributed by atoms with van der Waals surface area (Å²) in [4.78, 5) is 15.0. The molecule has 0 bridgehead atoms. The summed E-state index contributed by atoms with van der Waals surface area (Å²) < 4.78 is 27.3. The summed E-state index contributed by atoms with van der Waals surface area (Å²) in [7, 11) is 0.474. The van der Waals surface area contributed by atoms with Crippen LogP contribution in [0.2, 0.25) is 5.02 Å². The molecule has 1 fully saturated rings. The van der Waals surface area contributed by atoms with Gasteiger partial charge in [-0.05, 0) is 62.7 Å². The van der Waals surface area contributed by atoms with Crippen LogP contribution in [0.3, 0.4) is 0 Å². The molecule has 1 aliphatic rings. The summed E-state index contributed by atoms with van der Waals surface area (Å²) in [6, 6.07) is 14.1. The van der Waals surface area contributed by atoms with Crippen LogP contribution in [0.4, 0.5) is 0 Å². The molecular weight excluding hydrogens is 446 g/mol. The molecule has 8 heteroatoms. The number of nitrogens with zero attached hydrogens (tertiary/aromatic N) is 2. The fourth-order valence-electron chi connectivity index (χ4n) is 3.90. The van der Waals surface area contributed by atoms with E-state index in [1.807, 2.05) is 38.4 Å². The van der Waals surface area contributed by atoms with Crippen molar-refractivity contribution in [3.05, 3.63) is 64.7 Å². The van der Waals surface area contributed by atoms with E-state index in [1.54, 1.807) is 16.4 Å². The SMILES string of the molecule is CC1CCN(S(=O)(=O)c2ccc(C(=O)CNCC(c3ccc(Cl)cc3)N(C)C)cc2)CC1. The zero-order valence-corrected chi connectivity index (χ0v) is 20.5. The van der Waals surface area contributed by atoms with E-state index < -0.39 is 10.0 Å². The molecule has 1 heterocycles. The second-order valence-electron chi connectivity index (χ2n) is 8.70. The van der Waals surface area contributed by atoms with E-state index in [1.165, 1.54) is 12.1 Å². The van der Waals surface area contributed by atoms with Crippen molar-refractivity contribution >= 4 is 27.4 Å². The van der Waals surface area contributed by atoms with Gasteiger partial charge in [0.2, 0.25) is 10.0 Å². The van der Waals surface area contributed by atoms with Crippen molar-refractivity contribution in [1.82, 2.24) is 14.5 Å². The van der Waals surface area contributed by atoms with Gasteiger partial charge >= 0.3 is 0 Å². The average Bonchev–Trinajstić information content (AvgIpc) is 2.77. The summed E-state index contributed by atoms with van der Waals surface area (Å²) in [6.07, 6.45) is 1.76. The number of Topliss-reactive ketones (excluding diaryl/α,β-unsaturated/α-hetero) is 1. The Kier molecular flexibility index (Phi) is 8.47. The molecule has 1 saturated heterocycles. The number of hydrogen-bond acceptors (Lipinski definition) is 5. The summed E-state index contributed by atoms with van der Waals surface area (Å²) in [5.41, 5.74) is 1.61. The fraction of sp³-hybridized carbons (Fsp3) is 0.458. The van der Waals surface area contributed by atoms with Gasteiger partial charge in [-0.2, -0.15) is 4.31 Å². The Balaban J connectivity index is 1.58. The van der Waals surface area contributed by atoms with Gasteiger partial charge in [-0.3, -0.25) is 4.79 Å². The fourth-order valence-corrected chi connectivity index (χ4v) is 5.49. The molecule has 0 aliphatic carbocycles. The van der Waals surface area contributed by atoms with Crippen molar-refractivity contribution in [2.24, 2.45) is 5.92 Å². The molecule has 32 heavy (non-hydrogen) atoms. The second kappa shape index (κ2) is 10.9. The number of halogens is 1. The van der Waals surface area contributed by atoms with Crippen molar-refractivity contribution in [2.75, 3.05) is 40.3 Å². The lowest BCUT2D eigenvalue weighted by atomic mass is 10.0. The predicted molar refractivity (Wildman–Crippen MR) is 129 cm³/mol. The van der Waals surface area contributed by atoms with Gasteiger partial charge in [-0.15, -0.1) is 0 Å². The standard InChI is InChI=1S/C24H32ClN3O3S/c1-18-12-14-28(15-13-18)32(30,31)22-10-6-20(7-11-22)24(29)17-26-16-23(27(2)3)19-4-8-21(25)9-5-19/h4-11,18,23,26H,12-17H2,1-3H3. The molecule has 1 N–H and O–H groups in total. The van der Waals surface area contributed by atoms with E-state index in [4.69, 9.17) is 11.6 Å². The number of benzene rings is 2. The number of rotatable bonds is 9. The van der Waals surface area contributed by atoms with E-state index >= 15 is 0 Å². The predicted octanol–water partition coefficient (Wildman–Crippen LogP) is 3.84. The third-order valence-corrected chi connectivity index (χ3v) is 8.22. The van der Waals surface area contributed by atoms with Gasteiger partial charge < -0.3 is 10.2 Å². The van der Waals surface area contributed by atoms with Crippen LogP contribution in [0.5, 0.6) is 0 Å². The number of carbonyl (C=O) groups excluding carboxylic acids is 1. The smallest absolute Gasteiger partial charge is 0.243 e. The average molecular weight is 478 g/mol. The topological polar surface area (TPSA) is 69.7 Å². The van der Waals surface area contributed by atoms with Crippen LogP contribution in [0.15, 0.2) is 53.4 Å². The van der Waals surface area contributed by atoms with Gasteiger partial charge in [0, 0.05) is 36.3 Å². The highest BCUT2D eigenvalue weighted by Gasteiger charge is 2.28. The minimum atomic E-state index is -3.51. The first-order valence-electron chi connectivity index (χ1n) is 10.9. The molecular formula is C24H32ClN3O3S. The minimum Gasteiger partial charge on any atom is -0.308 e. The van der Waals surface area contributed by atoms with Crippen molar-refractivity contribution in [2.45, 2.75) is 30.7 Å². The number of likely N-dealkylation sites (N-methyl/N-ethyl adjacent to an activating group) is 1. The van der Waals surface area contributed by atoms with Crippen LogP contribution in [-0.4, -0.2) is 63.7 Å². The van der Waals surface area contributed by atoms with E-state index in [2.05, 4.69) is 17.1 Å². The van der Waals surface area contributed by atoms with Gasteiger partial charge in [0.05, 0.1) is 11.4 Å². The van der Waals surface area contributed by atoms with E-state index in [0.717, 1.165) is 18.4 Å². The Labute approximate surface area is 196 Å². The van der Waals surface area contributed by atoms with E-state index in [0.29, 0.717) is 36.1 Å². The molecule has 174 valence electrons. The summed E-state index contributed by atoms with van der Waals surface area (Å²) in [5.74, 6) is 0.482. The monoisotopic (exact) mass is 477 g/mol. The molecule has 2 aromatic carbocycles. The first kappa shape index (κ1) is 24.9. The number of sulfonamides is 1. The maximum Gasteiger partial charge on any atom is 0.243 e. The molecule has 0 amide bonds. The first-order chi connectivity index (χ1) is 15.2. The number of nitrogens with one attached hydrogen (secondary N) is 1. The van der Waals surface area contributed by atoms with Crippen LogP contribution in [0, 0.1) is 5.92 Å². The summed E-state index contributed by atoms with van der Waals surface area (Å²) >= 11 is 5.98. The number of hydrogen-bond donors (Lipinski definition) is 1. The van der Waals surface area contributed by atoms with Gasteiger partial charge in [-0.25, -0.2) is 8.42 Å². The molecule has 1 unspecified atom stereocenters. The molecule has 1 atom stereocenters. The zero-order valence-electron chi connectivity index (χ0n) is 18.9. The van der Waals surface area contributed by atoms with Crippen LogP contribution in [0.1, 0.15) is 41.7 Å². The highest BCUT2D eigenvalue weighted by atomic mass is 35.5. The quantitative estimate of drug-likeness (QED) is 0.556. The lowest BCUT2D eigenvalue weighted by Crippen LogP contribution is -2.37. The highest BCUT2D eigenvalue weighted by molar-refractivity contribution is 7.89. The second-order valence-corrected chi connectivity index (χ2v) is 11.1. The zero-order chi connectivity index (χ0) is 23.3. The minimum absolute atomic E-state index is 0.0747. The van der Waals surface area contributed by atoms with Crippen LogP contribution >= 0.6 is 11.6 Å². The van der Waals surface area contributed by atoms with Crippen molar-refractivity contribution < 1.29 is 13.2 Å². The molecule has 6 nitrogen and oxygen atoms in total. The van der Waals surface area contributed by atoms with Gasteiger partial charge in [0.25, 0.3) is 0 Å². The largest absolute Gasteiger partial charge is 0.308 e. The third kappa shape index (κ3) is 6.17. The molecule has 0 spiro atoms.